The molecule has 9 aromatic rings. The van der Waals surface area contributed by atoms with Gasteiger partial charge in [0.05, 0.1) is 0 Å². The molecule has 0 aliphatic rings. The van der Waals surface area contributed by atoms with Crippen LogP contribution < -0.4 is 15.9 Å². The fourth-order valence-corrected chi connectivity index (χ4v) is 12.0. The van der Waals surface area contributed by atoms with Gasteiger partial charge in [0, 0.05) is 0 Å². The van der Waals surface area contributed by atoms with Crippen LogP contribution in [0.2, 0.25) is 0 Å². The Morgan fingerprint density at radius 3 is 0.644 bits per heavy atom. The van der Waals surface area contributed by atoms with Crippen LogP contribution in [0.1, 0.15) is 0 Å². The van der Waals surface area contributed by atoms with Crippen LogP contribution in [0, 0.1) is 0 Å². The molecule has 0 heterocycles. The van der Waals surface area contributed by atoms with E-state index in [1.807, 2.05) is 164 Å². The van der Waals surface area contributed by atoms with Crippen molar-refractivity contribution in [3.63, 3.8) is 0 Å². The third-order valence-electron chi connectivity index (χ3n) is 9.41. The van der Waals surface area contributed by atoms with Gasteiger partial charge in [-0.2, -0.15) is 0 Å². The molecule has 0 unspecified atom stereocenters. The minimum absolute atomic E-state index is 0.137. The summed E-state index contributed by atoms with van der Waals surface area (Å²) in [4.78, 5) is 0. The van der Waals surface area contributed by atoms with Crippen LogP contribution in [0.5, 0.6) is 0 Å². The van der Waals surface area contributed by atoms with E-state index < -0.39 is 7.22 Å². The molecule has 0 nitrogen and oxygen atoms in total. The van der Waals surface area contributed by atoms with Gasteiger partial charge in [0.2, 0.25) is 0 Å². The molecule has 9 aromatic carbocycles. The number of hydrogen-bond acceptors (Lipinski definition) is 0. The fourth-order valence-electron chi connectivity index (χ4n) is 7.57. The van der Waals surface area contributed by atoms with E-state index in [9.17, 15) is 0 Å². The first-order valence-electron chi connectivity index (χ1n) is 15.2. The van der Waals surface area contributed by atoms with Crippen molar-refractivity contribution in [3.8, 4) is 0 Å². The Balaban J connectivity index is 1.68. The third kappa shape index (κ3) is 3.61. The Hall–Kier alpha value is -5.17. The number of halogens is 2. The quantitative estimate of drug-likeness (QED) is 0.140. The van der Waals surface area contributed by atoms with E-state index >= 15 is 8.39 Å². The second-order valence-electron chi connectivity index (χ2n) is 11.9. The van der Waals surface area contributed by atoms with Crippen LogP contribution in [0.15, 0.2) is 164 Å². The van der Waals surface area contributed by atoms with Crippen molar-refractivity contribution >= 4 is 87.8 Å². The van der Waals surface area contributed by atoms with E-state index in [0.717, 1.165) is 32.3 Å². The average Bonchev–Trinajstić information content (AvgIpc) is 3.08. The third-order valence-corrected chi connectivity index (χ3v) is 13.2. The Bertz CT molecular complexity index is 2200. The number of rotatable bonds is 3. The summed E-state index contributed by atoms with van der Waals surface area (Å²) in [6.07, 6.45) is 0. The molecule has 0 aliphatic carbocycles. The van der Waals surface area contributed by atoms with Gasteiger partial charge < -0.3 is 0 Å². The van der Waals surface area contributed by atoms with Gasteiger partial charge in [-0.25, -0.2) is 0 Å². The van der Waals surface area contributed by atoms with E-state index in [0.29, 0.717) is 32.3 Å². The molecule has 9 rings (SSSR count). The Morgan fingerprint density at radius 2 is 0.444 bits per heavy atom. The van der Waals surface area contributed by atoms with Gasteiger partial charge in [-0.3, -0.25) is 0 Å². The molecule has 0 N–H and O–H groups in total. The average molecular weight is 601 g/mol. The zero-order valence-corrected chi connectivity index (χ0v) is 25.2. The normalized spacial score (nSPS) is 13.2. The van der Waals surface area contributed by atoms with Gasteiger partial charge in [-0.05, 0) is 0 Å². The summed E-state index contributed by atoms with van der Waals surface area (Å²) in [5.41, 5.74) is 0. The molecule has 0 amide bonds. The van der Waals surface area contributed by atoms with Crippen molar-refractivity contribution in [2.45, 2.75) is 0 Å². The van der Waals surface area contributed by atoms with E-state index in [2.05, 4.69) is 0 Å². The monoisotopic (exact) mass is 600 g/mol. The summed E-state index contributed by atoms with van der Waals surface area (Å²) in [6.45, 7) is 0. The summed E-state index contributed by atoms with van der Waals surface area (Å²) in [5, 5.41) is 8.81. The zero-order chi connectivity index (χ0) is 30.2. The standard InChI is InChI=1S/C42H27F2P/c43-45(44,40-34-19-7-1-13-28(34)25-29-14-2-8-20-35(29)40,41-36-21-9-3-15-30(36)26-31-16-4-10-22-37(31)41)42-38-23-11-5-17-32(38)27-33-18-6-12-24-39(33)42/h1-27H. The van der Waals surface area contributed by atoms with Crippen molar-refractivity contribution < 1.29 is 8.39 Å². The van der Waals surface area contributed by atoms with Crippen LogP contribution in [0.25, 0.3) is 64.6 Å². The van der Waals surface area contributed by atoms with Crippen LogP contribution in [0.3, 0.4) is 0 Å². The molecule has 0 saturated carbocycles. The summed E-state index contributed by atoms with van der Waals surface area (Å²) >= 11 is 0. The maximum absolute atomic E-state index is 20.5. The van der Waals surface area contributed by atoms with Crippen LogP contribution in [-0.4, -0.2) is 0 Å². The van der Waals surface area contributed by atoms with Gasteiger partial charge in [-0.1, -0.05) is 0 Å². The SMILES string of the molecule is FP(F)(c1c2ccccc2cc2ccccc12)(c1c2ccccc2cc2ccccc12)c1c2ccccc2cc2ccccc12. The summed E-state index contributed by atoms with van der Waals surface area (Å²) < 4.78 is 41.0. The Kier molecular flexibility index (Phi) is 5.49. The number of benzene rings is 9. The molecule has 0 spiro atoms. The molecule has 214 valence electrons. The summed E-state index contributed by atoms with van der Waals surface area (Å²) in [5.74, 6) is 0. The Labute approximate surface area is 259 Å². The zero-order valence-electron chi connectivity index (χ0n) is 24.3. The summed E-state index contributed by atoms with van der Waals surface area (Å²) in [6, 6.07) is 52.2. The second-order valence-corrected chi connectivity index (χ2v) is 15.1. The summed E-state index contributed by atoms with van der Waals surface area (Å²) in [7, 11) is -6.41. The maximum atomic E-state index is 20.5. The van der Waals surface area contributed by atoms with Crippen LogP contribution in [0.4, 0.5) is 8.39 Å². The van der Waals surface area contributed by atoms with Gasteiger partial charge in [-0.15, -0.1) is 0 Å². The molecule has 0 radical (unpaired) electrons. The molecule has 3 heteroatoms. The topological polar surface area (TPSA) is 0 Å². The first-order valence-corrected chi connectivity index (χ1v) is 17.2. The predicted molar refractivity (Wildman–Crippen MR) is 192 cm³/mol. The van der Waals surface area contributed by atoms with Crippen LogP contribution >= 0.6 is 7.22 Å². The number of hydrogen-bond donors (Lipinski definition) is 0. The fraction of sp³-hybridized carbons (Fsp3) is 0. The van der Waals surface area contributed by atoms with Crippen LogP contribution in [-0.2, 0) is 0 Å². The molecule has 0 bridgehead atoms. The van der Waals surface area contributed by atoms with Crippen molar-refractivity contribution in [3.05, 3.63) is 164 Å². The predicted octanol–water partition coefficient (Wildman–Crippen LogP) is 11.2. The van der Waals surface area contributed by atoms with E-state index in [-0.39, 0.29) is 15.9 Å². The minimum atomic E-state index is -6.41. The molecule has 0 fully saturated rings. The Morgan fingerprint density at radius 1 is 0.267 bits per heavy atom. The van der Waals surface area contributed by atoms with E-state index in [4.69, 9.17) is 0 Å². The molecular weight excluding hydrogens is 573 g/mol. The van der Waals surface area contributed by atoms with E-state index in [1.165, 1.54) is 0 Å². The van der Waals surface area contributed by atoms with Gasteiger partial charge in [0.25, 0.3) is 0 Å². The molecule has 0 saturated heterocycles. The molecular formula is C42H27F2P. The first-order chi connectivity index (χ1) is 22.0. The molecule has 0 aromatic heterocycles. The molecule has 45 heavy (non-hydrogen) atoms. The van der Waals surface area contributed by atoms with Crippen molar-refractivity contribution in [1.29, 1.82) is 0 Å². The number of fused-ring (bicyclic) bond motifs is 6. The first kappa shape index (κ1) is 26.3. The van der Waals surface area contributed by atoms with Gasteiger partial charge in [0.1, 0.15) is 0 Å². The second kappa shape index (κ2) is 9.41. The van der Waals surface area contributed by atoms with Crippen molar-refractivity contribution in [2.75, 3.05) is 0 Å². The van der Waals surface area contributed by atoms with Crippen molar-refractivity contribution in [2.24, 2.45) is 0 Å². The van der Waals surface area contributed by atoms with E-state index in [1.54, 1.807) is 0 Å². The molecule has 0 aliphatic heterocycles. The van der Waals surface area contributed by atoms with Gasteiger partial charge in [0.15, 0.2) is 0 Å². The van der Waals surface area contributed by atoms with Gasteiger partial charge >= 0.3 is 260 Å². The molecule has 0 atom stereocenters. The van der Waals surface area contributed by atoms with Crippen molar-refractivity contribution in [1.82, 2.24) is 0 Å².